The van der Waals surface area contributed by atoms with Gasteiger partial charge in [-0.3, -0.25) is 4.98 Å². The lowest BCUT2D eigenvalue weighted by Gasteiger charge is -2.18. The van der Waals surface area contributed by atoms with Gasteiger partial charge in [0.1, 0.15) is 11.5 Å². The number of anilines is 1. The van der Waals surface area contributed by atoms with Crippen molar-refractivity contribution in [3.63, 3.8) is 0 Å². The molecule has 2 amide bonds. The van der Waals surface area contributed by atoms with E-state index in [4.69, 9.17) is 4.74 Å². The minimum Gasteiger partial charge on any atom is -0.455 e. The first-order valence-corrected chi connectivity index (χ1v) is 9.87. The third-order valence-electron chi connectivity index (χ3n) is 4.12. The number of amides is 2. The van der Waals surface area contributed by atoms with Crippen molar-refractivity contribution in [1.82, 2.24) is 10.3 Å². The van der Waals surface area contributed by atoms with Crippen LogP contribution in [0.4, 0.5) is 10.5 Å². The molecule has 3 N–H and O–H groups in total. The summed E-state index contributed by atoms with van der Waals surface area (Å²) in [4.78, 5) is 17.2. The number of hydrogen-bond donors (Lipinski definition) is 3. The predicted octanol–water partition coefficient (Wildman–Crippen LogP) is 4.88. The zero-order valence-corrected chi connectivity index (χ0v) is 16.6. The topological polar surface area (TPSA) is 83.5 Å². The minimum absolute atomic E-state index is 0.175. The van der Waals surface area contributed by atoms with Crippen molar-refractivity contribution in [2.75, 3.05) is 5.32 Å². The molecule has 2 aromatic heterocycles. The molecule has 0 saturated carbocycles. The maximum Gasteiger partial charge on any atom is 0.319 e. The molecule has 28 heavy (non-hydrogen) atoms. The van der Waals surface area contributed by atoms with Crippen LogP contribution in [0.1, 0.15) is 29.9 Å². The highest BCUT2D eigenvalue weighted by molar-refractivity contribution is 7.10. The molecule has 0 unspecified atom stereocenters. The van der Waals surface area contributed by atoms with Crippen LogP contribution in [0.3, 0.4) is 0 Å². The number of nitrogens with one attached hydrogen (secondary N) is 2. The first-order chi connectivity index (χ1) is 13.5. The van der Waals surface area contributed by atoms with Crippen molar-refractivity contribution in [2.24, 2.45) is 0 Å². The summed E-state index contributed by atoms with van der Waals surface area (Å²) in [5.41, 5.74) is 1.56. The van der Waals surface area contributed by atoms with Crippen LogP contribution in [0.15, 0.2) is 60.2 Å². The molecule has 3 aromatic rings. The van der Waals surface area contributed by atoms with E-state index in [-0.39, 0.29) is 12.1 Å². The van der Waals surface area contributed by atoms with Gasteiger partial charge in [-0.2, -0.15) is 0 Å². The lowest BCUT2D eigenvalue weighted by atomic mass is 10.1. The van der Waals surface area contributed by atoms with Gasteiger partial charge in [0.25, 0.3) is 0 Å². The van der Waals surface area contributed by atoms with Crippen LogP contribution >= 0.6 is 11.3 Å². The Morgan fingerprint density at radius 1 is 1.29 bits per heavy atom. The lowest BCUT2D eigenvalue weighted by molar-refractivity contribution is 0.158. The van der Waals surface area contributed by atoms with Crippen LogP contribution in [-0.4, -0.2) is 22.2 Å². The largest absolute Gasteiger partial charge is 0.455 e. The first kappa shape index (κ1) is 19.9. The Labute approximate surface area is 168 Å². The fourth-order valence-corrected chi connectivity index (χ4v) is 3.48. The molecule has 0 fully saturated rings. The number of aromatic nitrogens is 1. The molecule has 2 atom stereocenters. The number of benzene rings is 1. The molecule has 146 valence electrons. The van der Waals surface area contributed by atoms with E-state index in [1.54, 1.807) is 18.5 Å². The number of nitrogens with zero attached hydrogens (tertiary/aromatic N) is 1. The van der Waals surface area contributed by atoms with Gasteiger partial charge in [-0.05, 0) is 67.6 Å². The zero-order chi connectivity index (χ0) is 19.9. The van der Waals surface area contributed by atoms with E-state index in [0.29, 0.717) is 23.6 Å². The van der Waals surface area contributed by atoms with Crippen LogP contribution in [0.2, 0.25) is 0 Å². The van der Waals surface area contributed by atoms with Gasteiger partial charge in [0.2, 0.25) is 0 Å². The van der Waals surface area contributed by atoms with Crippen LogP contribution in [0, 0.1) is 6.92 Å². The Kier molecular flexibility index (Phi) is 6.62. The number of carbonyl (C=O) groups is 1. The van der Waals surface area contributed by atoms with E-state index in [0.717, 1.165) is 10.4 Å². The number of aryl methyl sites for hydroxylation is 1. The lowest BCUT2D eigenvalue weighted by Crippen LogP contribution is -2.36. The SMILES string of the molecule is Cc1cc(NC(=O)N[C@H](C)C[C@H](O)c2cccs2)ccc1Oc1cccnc1. The number of pyridine rings is 1. The van der Waals surface area contributed by atoms with E-state index in [1.165, 1.54) is 11.3 Å². The molecule has 7 heteroatoms. The molecule has 0 saturated heterocycles. The number of ether oxygens (including phenoxy) is 1. The third kappa shape index (κ3) is 5.55. The molecule has 2 heterocycles. The zero-order valence-electron chi connectivity index (χ0n) is 15.8. The van der Waals surface area contributed by atoms with Gasteiger partial charge in [0.05, 0.1) is 12.3 Å². The maximum absolute atomic E-state index is 12.2. The Morgan fingerprint density at radius 2 is 2.14 bits per heavy atom. The number of aliphatic hydroxyl groups excluding tert-OH is 1. The molecule has 0 spiro atoms. The number of aliphatic hydroxyl groups is 1. The molecule has 0 aliphatic rings. The van der Waals surface area contributed by atoms with E-state index >= 15 is 0 Å². The fraction of sp³-hybridized carbons (Fsp3) is 0.238. The van der Waals surface area contributed by atoms with Crippen molar-refractivity contribution in [1.29, 1.82) is 0 Å². The van der Waals surface area contributed by atoms with Gasteiger partial charge < -0.3 is 20.5 Å². The highest BCUT2D eigenvalue weighted by Gasteiger charge is 2.15. The second-order valence-corrected chi connectivity index (χ2v) is 7.52. The predicted molar refractivity (Wildman–Crippen MR) is 111 cm³/mol. The second kappa shape index (κ2) is 9.34. The van der Waals surface area contributed by atoms with Crippen molar-refractivity contribution in [2.45, 2.75) is 32.4 Å². The second-order valence-electron chi connectivity index (χ2n) is 6.54. The highest BCUT2D eigenvalue weighted by Crippen LogP contribution is 2.27. The van der Waals surface area contributed by atoms with Gasteiger partial charge in [-0.25, -0.2) is 4.79 Å². The summed E-state index contributed by atoms with van der Waals surface area (Å²) in [6.45, 7) is 3.78. The Hall–Kier alpha value is -2.90. The summed E-state index contributed by atoms with van der Waals surface area (Å²) in [7, 11) is 0. The molecule has 6 nitrogen and oxygen atoms in total. The highest BCUT2D eigenvalue weighted by atomic mass is 32.1. The number of urea groups is 1. The summed E-state index contributed by atoms with van der Waals surface area (Å²) >= 11 is 1.50. The van der Waals surface area contributed by atoms with Gasteiger partial charge in [0.15, 0.2) is 0 Å². The van der Waals surface area contributed by atoms with Crippen LogP contribution < -0.4 is 15.4 Å². The minimum atomic E-state index is -0.582. The van der Waals surface area contributed by atoms with E-state index in [1.807, 2.05) is 55.6 Å². The molecule has 0 radical (unpaired) electrons. The number of rotatable bonds is 7. The molecule has 0 aliphatic carbocycles. The van der Waals surface area contributed by atoms with Crippen LogP contribution in [0.25, 0.3) is 0 Å². The summed E-state index contributed by atoms with van der Waals surface area (Å²) in [5.74, 6) is 1.36. The summed E-state index contributed by atoms with van der Waals surface area (Å²) < 4.78 is 5.80. The van der Waals surface area contributed by atoms with Crippen molar-refractivity contribution >= 4 is 23.1 Å². The molecule has 1 aromatic carbocycles. The Morgan fingerprint density at radius 3 is 2.82 bits per heavy atom. The quantitative estimate of drug-likeness (QED) is 0.531. The van der Waals surface area contributed by atoms with Crippen molar-refractivity contribution in [3.8, 4) is 11.5 Å². The summed E-state index contributed by atoms with van der Waals surface area (Å²) in [6.07, 6.45) is 3.20. The van der Waals surface area contributed by atoms with Crippen molar-refractivity contribution in [3.05, 3.63) is 70.7 Å². The summed E-state index contributed by atoms with van der Waals surface area (Å²) in [6, 6.07) is 12.4. The fourth-order valence-electron chi connectivity index (χ4n) is 2.76. The standard InChI is InChI=1S/C21H23N3O3S/c1-14-11-16(7-8-19(14)27-17-5-3-9-22-13-17)24-21(26)23-15(2)12-18(25)20-6-4-10-28-20/h3-11,13,15,18,25H,12H2,1-2H3,(H2,23,24,26)/t15-,18+/m1/s1. The monoisotopic (exact) mass is 397 g/mol. The number of hydrogen-bond acceptors (Lipinski definition) is 5. The third-order valence-corrected chi connectivity index (χ3v) is 5.09. The Bertz CT molecular complexity index is 901. The molecule has 0 aliphatic heterocycles. The van der Waals surface area contributed by atoms with E-state index in [2.05, 4.69) is 15.6 Å². The van der Waals surface area contributed by atoms with Crippen molar-refractivity contribution < 1.29 is 14.6 Å². The van der Waals surface area contributed by atoms with Gasteiger partial charge >= 0.3 is 6.03 Å². The average molecular weight is 398 g/mol. The van der Waals surface area contributed by atoms with E-state index < -0.39 is 6.10 Å². The normalized spacial score (nSPS) is 12.8. The average Bonchev–Trinajstić information content (AvgIpc) is 3.19. The number of carbonyl (C=O) groups excluding carboxylic acids is 1. The van der Waals surface area contributed by atoms with Gasteiger partial charge in [0, 0.05) is 22.8 Å². The Balaban J connectivity index is 1.53. The molecule has 0 bridgehead atoms. The molecular weight excluding hydrogens is 374 g/mol. The van der Waals surface area contributed by atoms with Crippen LogP contribution in [-0.2, 0) is 0 Å². The molecule has 3 rings (SSSR count). The first-order valence-electron chi connectivity index (χ1n) is 8.99. The van der Waals surface area contributed by atoms with E-state index in [9.17, 15) is 9.90 Å². The number of thiophene rings is 1. The summed E-state index contributed by atoms with van der Waals surface area (Å²) in [5, 5.41) is 17.8. The smallest absolute Gasteiger partial charge is 0.319 e. The molecular formula is C21H23N3O3S. The van der Waals surface area contributed by atoms with Gasteiger partial charge in [-0.1, -0.05) is 6.07 Å². The van der Waals surface area contributed by atoms with Crippen LogP contribution in [0.5, 0.6) is 11.5 Å². The maximum atomic E-state index is 12.2. The van der Waals surface area contributed by atoms with Gasteiger partial charge in [-0.15, -0.1) is 11.3 Å².